The van der Waals surface area contributed by atoms with Crippen molar-refractivity contribution in [3.05, 3.63) is 78.0 Å². The van der Waals surface area contributed by atoms with Crippen molar-refractivity contribution < 1.29 is 19.0 Å². The number of aliphatic hydroxyl groups is 1. The van der Waals surface area contributed by atoms with Gasteiger partial charge in [0, 0.05) is 49.7 Å². The van der Waals surface area contributed by atoms with Crippen LogP contribution in [0.15, 0.2) is 61.1 Å². The highest BCUT2D eigenvalue weighted by Gasteiger charge is 2.34. The number of hydrogen-bond donors (Lipinski definition) is 1. The molecular weight excluding hydrogens is 447 g/mol. The molecule has 7 nitrogen and oxygen atoms in total. The van der Waals surface area contributed by atoms with Gasteiger partial charge in [-0.2, -0.15) is 0 Å². The van der Waals surface area contributed by atoms with Gasteiger partial charge in [-0.25, -0.2) is 9.37 Å². The second-order valence-electron chi connectivity index (χ2n) is 9.26. The van der Waals surface area contributed by atoms with Gasteiger partial charge in [0.15, 0.2) is 0 Å². The summed E-state index contributed by atoms with van der Waals surface area (Å²) in [5.41, 5.74) is 2.87. The van der Waals surface area contributed by atoms with Gasteiger partial charge in [-0.3, -0.25) is 14.7 Å². The first kappa shape index (κ1) is 24.8. The second kappa shape index (κ2) is 10.9. The van der Waals surface area contributed by atoms with Crippen LogP contribution in [0.2, 0.25) is 0 Å². The molecule has 0 unspecified atom stereocenters. The van der Waals surface area contributed by atoms with Gasteiger partial charge in [-0.05, 0) is 49.4 Å². The van der Waals surface area contributed by atoms with Crippen LogP contribution in [0.1, 0.15) is 29.8 Å². The van der Waals surface area contributed by atoms with E-state index in [0.29, 0.717) is 30.8 Å². The number of carbonyl (C=O) groups is 1. The molecule has 0 radical (unpaired) electrons. The Kier molecular flexibility index (Phi) is 7.73. The van der Waals surface area contributed by atoms with E-state index < -0.39 is 0 Å². The zero-order valence-corrected chi connectivity index (χ0v) is 20.3. The molecule has 1 aliphatic heterocycles. The molecule has 184 valence electrons. The minimum Gasteiger partial charge on any atom is -0.472 e. The Morgan fingerprint density at radius 3 is 2.69 bits per heavy atom. The molecule has 1 N–H and O–H groups in total. The van der Waals surface area contributed by atoms with Crippen LogP contribution in [0.3, 0.4) is 0 Å². The maximum Gasteiger partial charge on any atom is 0.259 e. The van der Waals surface area contributed by atoms with Gasteiger partial charge in [0.2, 0.25) is 5.88 Å². The van der Waals surface area contributed by atoms with Gasteiger partial charge in [-0.1, -0.05) is 25.1 Å². The fraction of sp³-hybridized carbons (Fsp3) is 0.370. The number of benzene rings is 1. The summed E-state index contributed by atoms with van der Waals surface area (Å²) in [6.07, 6.45) is 5.00. The SMILES string of the molecule is C[C@@H]1CN([C@@H](C)CO)C(=O)c2cc(-c3ccc(F)cc3)cnc2O[C@@H]1CN(C)Cc1cccnc1. The summed E-state index contributed by atoms with van der Waals surface area (Å²) in [4.78, 5) is 26.1. The first-order valence-electron chi connectivity index (χ1n) is 11.8. The predicted octanol–water partition coefficient (Wildman–Crippen LogP) is 3.63. The van der Waals surface area contributed by atoms with E-state index >= 15 is 0 Å². The Morgan fingerprint density at radius 1 is 1.23 bits per heavy atom. The molecule has 3 atom stereocenters. The van der Waals surface area contributed by atoms with Crippen LogP contribution in [-0.2, 0) is 6.54 Å². The number of halogens is 1. The highest BCUT2D eigenvalue weighted by molar-refractivity contribution is 5.98. The zero-order chi connectivity index (χ0) is 24.9. The van der Waals surface area contributed by atoms with E-state index in [9.17, 15) is 14.3 Å². The van der Waals surface area contributed by atoms with Gasteiger partial charge >= 0.3 is 0 Å². The number of likely N-dealkylation sites (N-methyl/N-ethyl adjacent to an activating group) is 1. The molecule has 0 bridgehead atoms. The van der Waals surface area contributed by atoms with Gasteiger partial charge in [-0.15, -0.1) is 0 Å². The fourth-order valence-electron chi connectivity index (χ4n) is 4.30. The summed E-state index contributed by atoms with van der Waals surface area (Å²) in [6.45, 7) is 5.49. The molecule has 8 heteroatoms. The van der Waals surface area contributed by atoms with Crippen molar-refractivity contribution in [3.8, 4) is 17.0 Å². The standard InChI is InChI=1S/C27H31FN4O3/c1-18-14-32(19(2)17-33)27(34)24-11-22(21-6-8-23(28)9-7-21)13-30-26(24)35-25(18)16-31(3)15-20-5-4-10-29-12-20/h4-13,18-19,25,33H,14-17H2,1-3H3/t18-,19+,25-/m1/s1. The third-order valence-electron chi connectivity index (χ3n) is 6.37. The maximum absolute atomic E-state index is 13.6. The third kappa shape index (κ3) is 5.83. The molecule has 35 heavy (non-hydrogen) atoms. The Bertz CT molecular complexity index is 1140. The first-order valence-corrected chi connectivity index (χ1v) is 11.8. The van der Waals surface area contributed by atoms with E-state index in [-0.39, 0.29) is 42.3 Å². The van der Waals surface area contributed by atoms with E-state index in [1.54, 1.807) is 35.5 Å². The van der Waals surface area contributed by atoms with E-state index in [2.05, 4.69) is 14.9 Å². The lowest BCUT2D eigenvalue weighted by molar-refractivity contribution is 0.0325. The number of pyridine rings is 2. The number of aliphatic hydroxyl groups excluding tert-OH is 1. The van der Waals surface area contributed by atoms with E-state index in [1.807, 2.05) is 39.2 Å². The lowest BCUT2D eigenvalue weighted by Crippen LogP contribution is -2.49. The number of rotatable bonds is 7. The van der Waals surface area contributed by atoms with Crippen LogP contribution >= 0.6 is 0 Å². The summed E-state index contributed by atoms with van der Waals surface area (Å²) < 4.78 is 19.8. The number of carbonyl (C=O) groups excluding carboxylic acids is 1. The Hall–Kier alpha value is -3.36. The lowest BCUT2D eigenvalue weighted by atomic mass is 9.99. The third-order valence-corrected chi connectivity index (χ3v) is 6.37. The Labute approximate surface area is 205 Å². The second-order valence-corrected chi connectivity index (χ2v) is 9.26. The molecule has 3 heterocycles. The topological polar surface area (TPSA) is 78.8 Å². The van der Waals surface area contributed by atoms with Crippen LogP contribution in [0, 0.1) is 11.7 Å². The summed E-state index contributed by atoms with van der Waals surface area (Å²) in [7, 11) is 2.02. The average molecular weight is 479 g/mol. The molecule has 3 aromatic rings. The van der Waals surface area contributed by atoms with Crippen molar-refractivity contribution in [3.63, 3.8) is 0 Å². The number of ether oxygens (including phenoxy) is 1. The molecular formula is C27H31FN4O3. The normalized spacial score (nSPS) is 19.0. The van der Waals surface area contributed by atoms with Gasteiger partial charge in [0.25, 0.3) is 5.91 Å². The van der Waals surface area contributed by atoms with Crippen molar-refractivity contribution >= 4 is 5.91 Å². The van der Waals surface area contributed by atoms with Crippen LogP contribution in [0.4, 0.5) is 4.39 Å². The van der Waals surface area contributed by atoms with Crippen LogP contribution in [-0.4, -0.2) is 69.7 Å². The van der Waals surface area contributed by atoms with E-state index in [1.165, 1.54) is 12.1 Å². The van der Waals surface area contributed by atoms with Crippen LogP contribution < -0.4 is 4.74 Å². The Morgan fingerprint density at radius 2 is 2.00 bits per heavy atom. The van der Waals surface area contributed by atoms with Crippen LogP contribution in [0.5, 0.6) is 5.88 Å². The number of fused-ring (bicyclic) bond motifs is 1. The predicted molar refractivity (Wildman–Crippen MR) is 131 cm³/mol. The molecule has 0 saturated carbocycles. The quantitative estimate of drug-likeness (QED) is 0.559. The van der Waals surface area contributed by atoms with Gasteiger partial charge < -0.3 is 14.7 Å². The molecule has 1 amide bonds. The minimum atomic E-state index is -0.362. The maximum atomic E-state index is 13.6. The number of amides is 1. The molecule has 1 aromatic carbocycles. The number of nitrogens with zero attached hydrogens (tertiary/aromatic N) is 4. The zero-order valence-electron chi connectivity index (χ0n) is 20.3. The largest absolute Gasteiger partial charge is 0.472 e. The summed E-state index contributed by atoms with van der Waals surface area (Å²) >= 11 is 0. The first-order chi connectivity index (χ1) is 16.9. The van der Waals surface area contributed by atoms with Crippen molar-refractivity contribution in [2.75, 3.05) is 26.7 Å². The van der Waals surface area contributed by atoms with E-state index in [0.717, 1.165) is 11.1 Å². The summed E-state index contributed by atoms with van der Waals surface area (Å²) in [5.74, 6) is -0.312. The molecule has 0 aliphatic carbocycles. The van der Waals surface area contributed by atoms with Crippen molar-refractivity contribution in [2.45, 2.75) is 32.5 Å². The minimum absolute atomic E-state index is 0.00368. The molecule has 4 rings (SSSR count). The van der Waals surface area contributed by atoms with Crippen molar-refractivity contribution in [2.24, 2.45) is 5.92 Å². The molecule has 0 saturated heterocycles. The number of aromatic nitrogens is 2. The Balaban J connectivity index is 1.65. The highest BCUT2D eigenvalue weighted by Crippen LogP contribution is 2.30. The summed E-state index contributed by atoms with van der Waals surface area (Å²) in [6, 6.07) is 11.4. The summed E-state index contributed by atoms with van der Waals surface area (Å²) in [5, 5.41) is 9.84. The average Bonchev–Trinajstić information content (AvgIpc) is 2.86. The number of hydrogen-bond acceptors (Lipinski definition) is 6. The molecule has 2 aromatic heterocycles. The van der Waals surface area contributed by atoms with Gasteiger partial charge in [0.1, 0.15) is 17.5 Å². The molecule has 1 aliphatic rings. The van der Waals surface area contributed by atoms with E-state index in [4.69, 9.17) is 4.74 Å². The smallest absolute Gasteiger partial charge is 0.259 e. The van der Waals surface area contributed by atoms with Crippen molar-refractivity contribution in [1.29, 1.82) is 0 Å². The van der Waals surface area contributed by atoms with Crippen molar-refractivity contribution in [1.82, 2.24) is 19.8 Å². The van der Waals surface area contributed by atoms with Gasteiger partial charge in [0.05, 0.1) is 12.6 Å². The molecule has 0 fully saturated rings. The lowest BCUT2D eigenvalue weighted by Gasteiger charge is -2.37. The monoisotopic (exact) mass is 478 g/mol. The van der Waals surface area contributed by atoms with Crippen LogP contribution in [0.25, 0.3) is 11.1 Å². The fourth-order valence-corrected chi connectivity index (χ4v) is 4.30. The molecule has 0 spiro atoms. The highest BCUT2D eigenvalue weighted by atomic mass is 19.1.